The number of likely N-dealkylation sites (tertiary alicyclic amines) is 1. The van der Waals surface area contributed by atoms with Gasteiger partial charge in [-0.1, -0.05) is 0 Å². The molecular weight excluding hydrogens is 268 g/mol. The van der Waals surface area contributed by atoms with Gasteiger partial charge in [-0.15, -0.1) is 0 Å². The maximum atomic E-state index is 12.4. The van der Waals surface area contributed by atoms with Crippen LogP contribution in [0.1, 0.15) is 38.2 Å². The largest absolute Gasteiger partial charge is 0.472 e. The third-order valence-corrected chi connectivity index (χ3v) is 4.43. The third kappa shape index (κ3) is 3.28. The van der Waals surface area contributed by atoms with E-state index in [0.717, 1.165) is 37.8 Å². The molecule has 5 heteroatoms. The Labute approximate surface area is 124 Å². The maximum absolute atomic E-state index is 12.4. The average Bonchev–Trinajstić information content (AvgIpc) is 2.97. The fourth-order valence-electron chi connectivity index (χ4n) is 3.17. The number of carbonyl (C=O) groups is 2. The second-order valence-corrected chi connectivity index (χ2v) is 6.09. The quantitative estimate of drug-likeness (QED) is 0.831. The highest BCUT2D eigenvalue weighted by atomic mass is 16.3. The van der Waals surface area contributed by atoms with Crippen molar-refractivity contribution in [2.75, 3.05) is 13.1 Å². The van der Waals surface area contributed by atoms with Crippen molar-refractivity contribution >= 4 is 11.8 Å². The molecule has 0 aromatic carbocycles. The molecule has 2 amide bonds. The highest BCUT2D eigenvalue weighted by molar-refractivity contribution is 5.79. The topological polar surface area (TPSA) is 53.8 Å². The number of hydrogen-bond donors (Lipinski definition) is 0. The van der Waals surface area contributed by atoms with E-state index in [1.54, 1.807) is 19.5 Å². The van der Waals surface area contributed by atoms with Gasteiger partial charge in [0, 0.05) is 32.1 Å². The van der Waals surface area contributed by atoms with E-state index < -0.39 is 0 Å². The van der Waals surface area contributed by atoms with E-state index in [4.69, 9.17) is 4.42 Å². The van der Waals surface area contributed by atoms with E-state index in [1.807, 2.05) is 15.9 Å². The van der Waals surface area contributed by atoms with Crippen molar-refractivity contribution < 1.29 is 14.0 Å². The average molecular weight is 290 g/mol. The van der Waals surface area contributed by atoms with Crippen LogP contribution in [-0.4, -0.2) is 46.8 Å². The molecule has 114 valence electrons. The van der Waals surface area contributed by atoms with Gasteiger partial charge in [0.05, 0.1) is 18.9 Å². The Balaban J connectivity index is 1.61. The molecule has 1 aromatic heterocycles. The molecule has 0 spiro atoms. The molecule has 2 fully saturated rings. The van der Waals surface area contributed by atoms with Gasteiger partial charge >= 0.3 is 0 Å². The first-order valence-corrected chi connectivity index (χ1v) is 7.73. The highest BCUT2D eigenvalue weighted by Gasteiger charge is 2.36. The lowest BCUT2D eigenvalue weighted by atomic mass is 10.1. The molecule has 0 bridgehead atoms. The lowest BCUT2D eigenvalue weighted by Gasteiger charge is -2.30. The van der Waals surface area contributed by atoms with Gasteiger partial charge in [0.2, 0.25) is 11.8 Å². The minimum atomic E-state index is 0.131. The van der Waals surface area contributed by atoms with Crippen molar-refractivity contribution in [3.05, 3.63) is 24.2 Å². The molecule has 1 atom stereocenters. The fourth-order valence-corrected chi connectivity index (χ4v) is 3.17. The van der Waals surface area contributed by atoms with Crippen LogP contribution < -0.4 is 0 Å². The van der Waals surface area contributed by atoms with Crippen LogP contribution in [0.4, 0.5) is 0 Å². The number of hydrogen-bond acceptors (Lipinski definition) is 3. The van der Waals surface area contributed by atoms with Gasteiger partial charge in [0.15, 0.2) is 0 Å². The van der Waals surface area contributed by atoms with Crippen molar-refractivity contribution in [2.45, 2.75) is 51.1 Å². The number of nitrogens with zero attached hydrogens (tertiary/aromatic N) is 2. The van der Waals surface area contributed by atoms with E-state index in [2.05, 4.69) is 0 Å². The molecule has 1 saturated carbocycles. The Morgan fingerprint density at radius 2 is 2.19 bits per heavy atom. The summed E-state index contributed by atoms with van der Waals surface area (Å²) in [6.45, 7) is 3.12. The van der Waals surface area contributed by atoms with Gasteiger partial charge in [-0.05, 0) is 37.3 Å². The molecule has 1 unspecified atom stereocenters. The first-order chi connectivity index (χ1) is 10.1. The molecule has 0 N–H and O–H groups in total. The normalized spacial score (nSPS) is 21.6. The van der Waals surface area contributed by atoms with Crippen molar-refractivity contribution in [3.63, 3.8) is 0 Å². The lowest BCUT2D eigenvalue weighted by Crippen LogP contribution is -2.46. The Morgan fingerprint density at radius 3 is 2.81 bits per heavy atom. The number of furan rings is 1. The SMILES string of the molecule is CC(=O)N(CC1CCCN1C(=O)Cc1ccoc1)C1CC1. The summed E-state index contributed by atoms with van der Waals surface area (Å²) in [4.78, 5) is 28.1. The van der Waals surface area contributed by atoms with E-state index in [-0.39, 0.29) is 17.9 Å². The summed E-state index contributed by atoms with van der Waals surface area (Å²) >= 11 is 0. The Bertz CT molecular complexity index is 508. The zero-order valence-electron chi connectivity index (χ0n) is 12.5. The zero-order chi connectivity index (χ0) is 14.8. The molecule has 5 nitrogen and oxygen atoms in total. The van der Waals surface area contributed by atoms with Crippen LogP contribution in [0.15, 0.2) is 23.0 Å². The summed E-state index contributed by atoms with van der Waals surface area (Å²) in [5, 5.41) is 0. The predicted octanol–water partition coefficient (Wildman–Crippen LogP) is 1.82. The van der Waals surface area contributed by atoms with Crippen LogP contribution in [0, 0.1) is 0 Å². The Morgan fingerprint density at radius 1 is 1.38 bits per heavy atom. The summed E-state index contributed by atoms with van der Waals surface area (Å²) in [5.74, 6) is 0.268. The Hall–Kier alpha value is -1.78. The molecular formula is C16H22N2O3. The molecule has 2 heterocycles. The molecule has 2 aliphatic rings. The van der Waals surface area contributed by atoms with Crippen LogP contribution in [0.3, 0.4) is 0 Å². The van der Waals surface area contributed by atoms with Gasteiger partial charge in [-0.2, -0.15) is 0 Å². The van der Waals surface area contributed by atoms with Crippen molar-refractivity contribution in [1.82, 2.24) is 9.80 Å². The fraction of sp³-hybridized carbons (Fsp3) is 0.625. The second kappa shape index (κ2) is 5.92. The number of amides is 2. The summed E-state index contributed by atoms with van der Waals surface area (Å²) in [5.41, 5.74) is 0.913. The van der Waals surface area contributed by atoms with Crippen molar-refractivity contribution in [2.24, 2.45) is 0 Å². The van der Waals surface area contributed by atoms with Crippen LogP contribution in [-0.2, 0) is 16.0 Å². The van der Waals surface area contributed by atoms with E-state index in [9.17, 15) is 9.59 Å². The van der Waals surface area contributed by atoms with E-state index in [0.29, 0.717) is 19.0 Å². The van der Waals surface area contributed by atoms with Crippen molar-refractivity contribution in [1.29, 1.82) is 0 Å². The van der Waals surface area contributed by atoms with Crippen LogP contribution in [0.5, 0.6) is 0 Å². The van der Waals surface area contributed by atoms with E-state index in [1.165, 1.54) is 0 Å². The number of rotatable bonds is 5. The van der Waals surface area contributed by atoms with Gasteiger partial charge in [-0.25, -0.2) is 0 Å². The number of carbonyl (C=O) groups excluding carboxylic acids is 2. The third-order valence-electron chi connectivity index (χ3n) is 4.43. The van der Waals surface area contributed by atoms with Crippen LogP contribution in [0.25, 0.3) is 0 Å². The van der Waals surface area contributed by atoms with Gasteiger partial charge in [0.1, 0.15) is 0 Å². The second-order valence-electron chi connectivity index (χ2n) is 6.09. The molecule has 1 aromatic rings. The first-order valence-electron chi connectivity index (χ1n) is 7.73. The zero-order valence-corrected chi connectivity index (χ0v) is 12.5. The van der Waals surface area contributed by atoms with Gasteiger partial charge < -0.3 is 14.2 Å². The molecule has 1 saturated heterocycles. The standard InChI is InChI=1S/C16H22N2O3/c1-12(19)18(14-4-5-14)10-15-3-2-7-17(15)16(20)9-13-6-8-21-11-13/h6,8,11,14-15H,2-5,7,9-10H2,1H3. The molecule has 1 aliphatic heterocycles. The summed E-state index contributed by atoms with van der Waals surface area (Å²) in [7, 11) is 0. The molecule has 1 aliphatic carbocycles. The summed E-state index contributed by atoms with van der Waals surface area (Å²) < 4.78 is 5.02. The Kier molecular flexibility index (Phi) is 3.99. The van der Waals surface area contributed by atoms with Crippen LogP contribution in [0.2, 0.25) is 0 Å². The lowest BCUT2D eigenvalue weighted by molar-refractivity contribution is -0.135. The summed E-state index contributed by atoms with van der Waals surface area (Å²) in [6, 6.07) is 2.41. The van der Waals surface area contributed by atoms with Crippen molar-refractivity contribution in [3.8, 4) is 0 Å². The van der Waals surface area contributed by atoms with Gasteiger partial charge in [-0.3, -0.25) is 9.59 Å². The molecule has 0 radical (unpaired) electrons. The smallest absolute Gasteiger partial charge is 0.227 e. The van der Waals surface area contributed by atoms with Gasteiger partial charge in [0.25, 0.3) is 0 Å². The predicted molar refractivity (Wildman–Crippen MR) is 77.6 cm³/mol. The first kappa shape index (κ1) is 14.2. The van der Waals surface area contributed by atoms with Crippen LogP contribution >= 0.6 is 0 Å². The molecule has 3 rings (SSSR count). The maximum Gasteiger partial charge on any atom is 0.227 e. The van der Waals surface area contributed by atoms with E-state index >= 15 is 0 Å². The summed E-state index contributed by atoms with van der Waals surface area (Å²) in [6.07, 6.45) is 7.83. The molecule has 21 heavy (non-hydrogen) atoms. The highest BCUT2D eigenvalue weighted by Crippen LogP contribution is 2.29. The minimum absolute atomic E-state index is 0.131. The minimum Gasteiger partial charge on any atom is -0.472 e. The monoisotopic (exact) mass is 290 g/mol.